The standard InChI is InChI=1S/C18H18AsF3N4O/c19-12-4-6-25(7-5-12)14-3-1-2-11-9-26(10-13(11)14)15-8-23-24-17(27)16(15)18(20,21)22/h1-3,8,12H,4-7,9-10H2,(H,24,27). The molecule has 1 aromatic carbocycles. The van der Waals surface area contributed by atoms with Crippen molar-refractivity contribution in [2.24, 2.45) is 0 Å². The summed E-state index contributed by atoms with van der Waals surface area (Å²) in [5, 5.41) is 5.49. The molecule has 0 spiro atoms. The Morgan fingerprint density at radius 2 is 1.85 bits per heavy atom. The van der Waals surface area contributed by atoms with Gasteiger partial charge in [0, 0.05) is 0 Å². The fraction of sp³-hybridized carbons (Fsp3) is 0.444. The number of rotatable bonds is 2. The first kappa shape index (κ1) is 18.4. The number of nitrogens with one attached hydrogen (secondary N) is 1. The normalized spacial score (nSPS) is 18.1. The first-order valence-corrected chi connectivity index (χ1v) is 9.86. The maximum absolute atomic E-state index is 13.4. The Kier molecular flexibility index (Phi) is 4.70. The van der Waals surface area contributed by atoms with Crippen LogP contribution in [0.25, 0.3) is 0 Å². The molecule has 9 heteroatoms. The maximum atomic E-state index is 13.4. The monoisotopic (exact) mass is 438 g/mol. The van der Waals surface area contributed by atoms with Gasteiger partial charge in [0.05, 0.1) is 0 Å². The van der Waals surface area contributed by atoms with Crippen LogP contribution < -0.4 is 15.4 Å². The number of benzene rings is 1. The second kappa shape index (κ2) is 6.89. The molecule has 2 aliphatic rings. The van der Waals surface area contributed by atoms with E-state index in [4.69, 9.17) is 0 Å². The quantitative estimate of drug-likeness (QED) is 0.733. The molecule has 2 radical (unpaired) electrons. The molecule has 2 aliphatic heterocycles. The summed E-state index contributed by atoms with van der Waals surface area (Å²) in [6.07, 6.45) is -1.46. The molecule has 4 rings (SSSR count). The fourth-order valence-electron chi connectivity index (χ4n) is 3.88. The van der Waals surface area contributed by atoms with Gasteiger partial charge in [-0.15, -0.1) is 0 Å². The summed E-state index contributed by atoms with van der Waals surface area (Å²) < 4.78 is 40.9. The first-order chi connectivity index (χ1) is 12.8. The van der Waals surface area contributed by atoms with Crippen LogP contribution in [0.1, 0.15) is 29.5 Å². The Morgan fingerprint density at radius 1 is 1.11 bits per heavy atom. The van der Waals surface area contributed by atoms with Crippen molar-refractivity contribution in [3.63, 3.8) is 0 Å². The number of hydrogen-bond acceptors (Lipinski definition) is 4. The van der Waals surface area contributed by atoms with Gasteiger partial charge in [-0.25, -0.2) is 0 Å². The Labute approximate surface area is 163 Å². The average molecular weight is 438 g/mol. The third-order valence-electron chi connectivity index (χ3n) is 5.22. The topological polar surface area (TPSA) is 52.2 Å². The Balaban J connectivity index is 1.68. The van der Waals surface area contributed by atoms with Gasteiger partial charge in [0.2, 0.25) is 0 Å². The number of aromatic nitrogens is 2. The van der Waals surface area contributed by atoms with E-state index in [0.717, 1.165) is 48.9 Å². The molecule has 2 aromatic rings. The third kappa shape index (κ3) is 3.47. The van der Waals surface area contributed by atoms with Crippen LogP contribution in [0.3, 0.4) is 0 Å². The minimum absolute atomic E-state index is 0.169. The van der Waals surface area contributed by atoms with Crippen LogP contribution in [0.4, 0.5) is 24.5 Å². The zero-order valence-corrected chi connectivity index (χ0v) is 16.3. The summed E-state index contributed by atoms with van der Waals surface area (Å²) in [6.45, 7) is 2.55. The van der Waals surface area contributed by atoms with Crippen LogP contribution >= 0.6 is 0 Å². The van der Waals surface area contributed by atoms with Gasteiger partial charge >= 0.3 is 163 Å². The minimum atomic E-state index is -4.73. The van der Waals surface area contributed by atoms with E-state index >= 15 is 0 Å². The van der Waals surface area contributed by atoms with Crippen LogP contribution in [-0.2, 0) is 19.3 Å². The van der Waals surface area contributed by atoms with Crippen molar-refractivity contribution in [1.29, 1.82) is 0 Å². The second-order valence-corrected chi connectivity index (χ2v) is 8.48. The zero-order chi connectivity index (χ0) is 19.2. The first-order valence-electron chi connectivity index (χ1n) is 8.78. The number of hydrogen-bond donors (Lipinski definition) is 1. The number of nitrogens with zero attached hydrogens (tertiary/aromatic N) is 3. The third-order valence-corrected chi connectivity index (χ3v) is 6.31. The van der Waals surface area contributed by atoms with E-state index < -0.39 is 17.3 Å². The molecule has 5 nitrogen and oxygen atoms in total. The number of H-pyrrole nitrogens is 1. The fourth-order valence-corrected chi connectivity index (χ4v) is 4.36. The second-order valence-electron chi connectivity index (χ2n) is 6.95. The molecular weight excluding hydrogens is 420 g/mol. The Hall–Kier alpha value is -1.95. The molecule has 0 bridgehead atoms. The molecule has 1 N–H and O–H groups in total. The van der Waals surface area contributed by atoms with Gasteiger partial charge in [-0.05, 0) is 0 Å². The molecular formula is C18H18AsF3N4O. The molecule has 1 saturated heterocycles. The molecule has 3 heterocycles. The van der Waals surface area contributed by atoms with Crippen molar-refractivity contribution in [1.82, 2.24) is 10.2 Å². The SMILES string of the molecule is O=c1[nH]ncc(N2Cc3cccc(N4CCC([As])CC4)c3C2)c1C(F)(F)F. The van der Waals surface area contributed by atoms with Gasteiger partial charge in [-0.1, -0.05) is 0 Å². The van der Waals surface area contributed by atoms with Gasteiger partial charge < -0.3 is 0 Å². The van der Waals surface area contributed by atoms with Gasteiger partial charge in [0.15, 0.2) is 0 Å². The Bertz CT molecular complexity index is 906. The van der Waals surface area contributed by atoms with Crippen molar-refractivity contribution < 1.29 is 13.2 Å². The van der Waals surface area contributed by atoms with Gasteiger partial charge in [0.1, 0.15) is 0 Å². The Morgan fingerprint density at radius 3 is 2.56 bits per heavy atom. The summed E-state index contributed by atoms with van der Waals surface area (Å²) in [5.41, 5.74) is 0.555. The van der Waals surface area contributed by atoms with Crippen molar-refractivity contribution in [3.05, 3.63) is 51.4 Å². The number of piperidine rings is 1. The summed E-state index contributed by atoms with van der Waals surface area (Å²) in [6, 6.07) is 5.93. The van der Waals surface area contributed by atoms with Gasteiger partial charge in [-0.3, -0.25) is 0 Å². The predicted octanol–water partition coefficient (Wildman–Crippen LogP) is 2.87. The molecule has 1 aromatic heterocycles. The zero-order valence-electron chi connectivity index (χ0n) is 14.5. The molecule has 1 fully saturated rings. The molecule has 0 unspecified atom stereocenters. The van der Waals surface area contributed by atoms with E-state index in [1.54, 1.807) is 4.90 Å². The van der Waals surface area contributed by atoms with E-state index in [-0.39, 0.29) is 5.69 Å². The van der Waals surface area contributed by atoms with Crippen LogP contribution in [0, 0.1) is 0 Å². The molecule has 0 saturated carbocycles. The van der Waals surface area contributed by atoms with Crippen molar-refractivity contribution in [2.75, 3.05) is 22.9 Å². The summed E-state index contributed by atoms with van der Waals surface area (Å²) in [5.74, 6) is 0. The average Bonchev–Trinajstić information content (AvgIpc) is 3.05. The van der Waals surface area contributed by atoms with E-state index in [0.29, 0.717) is 17.8 Å². The van der Waals surface area contributed by atoms with Gasteiger partial charge in [0.25, 0.3) is 0 Å². The molecule has 0 atom stereocenters. The summed E-state index contributed by atoms with van der Waals surface area (Å²) in [7, 11) is 0. The van der Waals surface area contributed by atoms with E-state index in [9.17, 15) is 18.0 Å². The van der Waals surface area contributed by atoms with Gasteiger partial charge in [-0.2, -0.15) is 0 Å². The number of alkyl halides is 3. The number of fused-ring (bicyclic) bond motifs is 1. The van der Waals surface area contributed by atoms with E-state index in [2.05, 4.69) is 26.9 Å². The van der Waals surface area contributed by atoms with Crippen molar-refractivity contribution in [2.45, 2.75) is 36.8 Å². The van der Waals surface area contributed by atoms with E-state index in [1.807, 2.05) is 23.3 Å². The summed E-state index contributed by atoms with van der Waals surface area (Å²) in [4.78, 5) is 15.7. The van der Waals surface area contributed by atoms with Crippen LogP contribution in [0.15, 0.2) is 29.2 Å². The van der Waals surface area contributed by atoms with Crippen molar-refractivity contribution in [3.8, 4) is 0 Å². The molecule has 142 valence electrons. The van der Waals surface area contributed by atoms with Crippen LogP contribution in [0.2, 0.25) is 4.71 Å². The predicted molar refractivity (Wildman–Crippen MR) is 97.1 cm³/mol. The number of aromatic amines is 1. The van der Waals surface area contributed by atoms with Crippen LogP contribution in [-0.4, -0.2) is 40.1 Å². The van der Waals surface area contributed by atoms with E-state index in [1.165, 1.54) is 0 Å². The van der Waals surface area contributed by atoms with Crippen molar-refractivity contribution >= 4 is 28.2 Å². The molecule has 0 amide bonds. The molecule has 0 aliphatic carbocycles. The molecule has 27 heavy (non-hydrogen) atoms. The van der Waals surface area contributed by atoms with Crippen LogP contribution in [0.5, 0.6) is 0 Å². The number of anilines is 2. The number of halogens is 3. The summed E-state index contributed by atoms with van der Waals surface area (Å²) >= 11 is 2.71.